The van der Waals surface area contributed by atoms with E-state index in [4.69, 9.17) is 9.47 Å². The second-order valence-electron chi connectivity index (χ2n) is 11.9. The van der Waals surface area contributed by atoms with Gasteiger partial charge in [-0.3, -0.25) is 9.59 Å². The van der Waals surface area contributed by atoms with Crippen LogP contribution in [0, 0.1) is 22.7 Å². The van der Waals surface area contributed by atoms with Gasteiger partial charge in [-0.25, -0.2) is 0 Å². The third-order valence-electron chi connectivity index (χ3n) is 8.82. The number of hydrogen-bond acceptors (Lipinski definition) is 4. The molecule has 2 unspecified atom stereocenters. The standard InChI is InChI=1S/C27H48O4/c1-9-24(6,22(28)31-27(21(4)5)17-11-10-12-18-27)19-26(8,20(2)3)23(29)30-25(7)15-13-14-16-25/h20-21H,9-19H2,1-8H3. The number of hydrogen-bond donors (Lipinski definition) is 0. The quantitative estimate of drug-likeness (QED) is 0.358. The van der Waals surface area contributed by atoms with Crippen LogP contribution in [-0.2, 0) is 19.1 Å². The molecule has 2 aliphatic rings. The molecule has 2 rings (SSSR count). The lowest BCUT2D eigenvalue weighted by Gasteiger charge is -2.45. The second kappa shape index (κ2) is 9.83. The van der Waals surface area contributed by atoms with Gasteiger partial charge < -0.3 is 9.47 Å². The van der Waals surface area contributed by atoms with Crippen LogP contribution in [0.5, 0.6) is 0 Å². The normalized spacial score (nSPS) is 24.5. The Labute approximate surface area is 191 Å². The smallest absolute Gasteiger partial charge is 0.312 e. The van der Waals surface area contributed by atoms with Gasteiger partial charge in [-0.2, -0.15) is 0 Å². The van der Waals surface area contributed by atoms with Crippen LogP contribution in [0.4, 0.5) is 0 Å². The first-order chi connectivity index (χ1) is 14.3. The molecule has 180 valence electrons. The summed E-state index contributed by atoms with van der Waals surface area (Å²) in [5.41, 5.74) is -2.17. The Morgan fingerprint density at radius 2 is 1.35 bits per heavy atom. The minimum atomic E-state index is -0.729. The van der Waals surface area contributed by atoms with E-state index >= 15 is 0 Å². The molecule has 0 bridgehead atoms. The van der Waals surface area contributed by atoms with E-state index in [9.17, 15) is 9.59 Å². The average molecular weight is 437 g/mol. The molecule has 0 amide bonds. The van der Waals surface area contributed by atoms with Crippen molar-refractivity contribution in [3.8, 4) is 0 Å². The van der Waals surface area contributed by atoms with Crippen LogP contribution in [0.3, 0.4) is 0 Å². The van der Waals surface area contributed by atoms with Crippen molar-refractivity contribution < 1.29 is 19.1 Å². The van der Waals surface area contributed by atoms with Crippen LogP contribution < -0.4 is 0 Å². The Kier molecular flexibility index (Phi) is 8.31. The van der Waals surface area contributed by atoms with Crippen molar-refractivity contribution in [3.63, 3.8) is 0 Å². The van der Waals surface area contributed by atoms with Gasteiger partial charge in [0.05, 0.1) is 10.8 Å². The van der Waals surface area contributed by atoms with E-state index in [1.165, 1.54) is 6.42 Å². The van der Waals surface area contributed by atoms with E-state index < -0.39 is 10.8 Å². The zero-order valence-corrected chi connectivity index (χ0v) is 21.6. The van der Waals surface area contributed by atoms with Gasteiger partial charge in [0, 0.05) is 0 Å². The maximum absolute atomic E-state index is 13.6. The molecule has 0 radical (unpaired) electrons. The highest BCUT2D eigenvalue weighted by molar-refractivity contribution is 5.81. The fourth-order valence-electron chi connectivity index (χ4n) is 5.48. The number of carbonyl (C=O) groups is 2. The Balaban J connectivity index is 2.23. The summed E-state index contributed by atoms with van der Waals surface area (Å²) in [6, 6.07) is 0. The molecule has 0 aromatic heterocycles. The molecule has 0 N–H and O–H groups in total. The van der Waals surface area contributed by atoms with Gasteiger partial charge in [0.1, 0.15) is 11.2 Å². The molecule has 0 aromatic rings. The molecule has 2 fully saturated rings. The summed E-state index contributed by atoms with van der Waals surface area (Å²) in [6.07, 6.45) is 10.5. The average Bonchev–Trinajstić information content (AvgIpc) is 3.13. The number of carbonyl (C=O) groups excluding carboxylic acids is 2. The molecular formula is C27H48O4. The van der Waals surface area contributed by atoms with Crippen molar-refractivity contribution in [2.45, 2.75) is 137 Å². The van der Waals surface area contributed by atoms with E-state index in [1.807, 2.05) is 20.8 Å². The predicted molar refractivity (Wildman–Crippen MR) is 126 cm³/mol. The maximum atomic E-state index is 13.6. The van der Waals surface area contributed by atoms with Crippen molar-refractivity contribution in [3.05, 3.63) is 0 Å². The highest BCUT2D eigenvalue weighted by Crippen LogP contribution is 2.47. The minimum absolute atomic E-state index is 0.0671. The fraction of sp³-hybridized carbons (Fsp3) is 0.926. The lowest BCUT2D eigenvalue weighted by atomic mass is 9.66. The number of rotatable bonds is 9. The molecule has 0 heterocycles. The predicted octanol–water partition coefficient (Wildman–Crippen LogP) is 7.23. The van der Waals surface area contributed by atoms with Gasteiger partial charge in [-0.15, -0.1) is 0 Å². The van der Waals surface area contributed by atoms with E-state index in [2.05, 4.69) is 34.6 Å². The minimum Gasteiger partial charge on any atom is -0.459 e. The van der Waals surface area contributed by atoms with Crippen LogP contribution in [0.2, 0.25) is 0 Å². The summed E-state index contributed by atoms with van der Waals surface area (Å²) in [5.74, 6) is 0.0620. The van der Waals surface area contributed by atoms with E-state index in [1.54, 1.807) is 0 Å². The monoisotopic (exact) mass is 436 g/mol. The Morgan fingerprint density at radius 3 is 1.81 bits per heavy atom. The van der Waals surface area contributed by atoms with E-state index in [0.29, 0.717) is 18.8 Å². The second-order valence-corrected chi connectivity index (χ2v) is 11.9. The van der Waals surface area contributed by atoms with Gasteiger partial charge in [0.2, 0.25) is 0 Å². The summed E-state index contributed by atoms with van der Waals surface area (Å²) in [7, 11) is 0. The maximum Gasteiger partial charge on any atom is 0.312 e. The van der Waals surface area contributed by atoms with Crippen molar-refractivity contribution in [1.82, 2.24) is 0 Å². The molecule has 0 aromatic carbocycles. The third kappa shape index (κ3) is 5.66. The van der Waals surface area contributed by atoms with Crippen molar-refractivity contribution in [1.29, 1.82) is 0 Å². The Morgan fingerprint density at radius 1 is 0.839 bits per heavy atom. The van der Waals surface area contributed by atoms with Gasteiger partial charge in [-0.1, -0.05) is 41.0 Å². The first-order valence-electron chi connectivity index (χ1n) is 12.8. The zero-order valence-electron chi connectivity index (χ0n) is 21.6. The summed E-state index contributed by atoms with van der Waals surface area (Å²) in [5, 5.41) is 0. The highest BCUT2D eigenvalue weighted by atomic mass is 16.6. The SMILES string of the molecule is CCC(C)(CC(C)(C(=O)OC1(C)CCCC1)C(C)C)C(=O)OC1(C(C)C)CCCCC1. The molecular weight excluding hydrogens is 388 g/mol. The van der Waals surface area contributed by atoms with Crippen LogP contribution in [0.1, 0.15) is 126 Å². The summed E-state index contributed by atoms with van der Waals surface area (Å²) in [6.45, 7) is 16.5. The summed E-state index contributed by atoms with van der Waals surface area (Å²) >= 11 is 0. The topological polar surface area (TPSA) is 52.6 Å². The summed E-state index contributed by atoms with van der Waals surface area (Å²) < 4.78 is 12.5. The van der Waals surface area contributed by atoms with Crippen molar-refractivity contribution >= 4 is 11.9 Å². The van der Waals surface area contributed by atoms with Crippen molar-refractivity contribution in [2.24, 2.45) is 22.7 Å². The first kappa shape index (κ1) is 26.2. The largest absolute Gasteiger partial charge is 0.459 e. The lowest BCUT2D eigenvalue weighted by Crippen LogP contribution is -2.49. The first-order valence-corrected chi connectivity index (χ1v) is 12.8. The lowest BCUT2D eigenvalue weighted by molar-refractivity contribution is -0.188. The van der Waals surface area contributed by atoms with Gasteiger partial charge in [-0.05, 0) is 96.8 Å². The third-order valence-corrected chi connectivity index (χ3v) is 8.82. The van der Waals surface area contributed by atoms with Crippen molar-refractivity contribution in [2.75, 3.05) is 0 Å². The molecule has 31 heavy (non-hydrogen) atoms. The van der Waals surface area contributed by atoms with Crippen LogP contribution in [0.25, 0.3) is 0 Å². The van der Waals surface area contributed by atoms with Gasteiger partial charge in [0.15, 0.2) is 0 Å². The van der Waals surface area contributed by atoms with Gasteiger partial charge in [0.25, 0.3) is 0 Å². The number of ether oxygens (including phenoxy) is 2. The van der Waals surface area contributed by atoms with Gasteiger partial charge >= 0.3 is 11.9 Å². The highest BCUT2D eigenvalue weighted by Gasteiger charge is 2.51. The molecule has 2 atom stereocenters. The van der Waals surface area contributed by atoms with Crippen LogP contribution in [-0.4, -0.2) is 23.1 Å². The molecule has 0 spiro atoms. The molecule has 4 heteroatoms. The zero-order chi connectivity index (χ0) is 23.5. The Bertz CT molecular complexity index is 625. The Hall–Kier alpha value is -1.06. The van der Waals surface area contributed by atoms with Crippen LogP contribution in [0.15, 0.2) is 0 Å². The molecule has 0 aliphatic heterocycles. The van der Waals surface area contributed by atoms with E-state index in [-0.39, 0.29) is 29.1 Å². The molecule has 0 saturated heterocycles. The molecule has 2 aliphatic carbocycles. The molecule has 2 saturated carbocycles. The van der Waals surface area contributed by atoms with E-state index in [0.717, 1.165) is 51.4 Å². The summed E-state index contributed by atoms with van der Waals surface area (Å²) in [4.78, 5) is 27.1. The number of esters is 2. The van der Waals surface area contributed by atoms with Crippen LogP contribution >= 0.6 is 0 Å². The molecule has 4 nitrogen and oxygen atoms in total. The fourth-order valence-corrected chi connectivity index (χ4v) is 5.48.